The number of carboxylic acids is 1. The largest absolute Gasteiger partial charge is 0.480 e. The number of nitrogens with one attached hydrogen (secondary N) is 3. The number of rotatable bonds is 15. The molecule has 4 atom stereocenters. The highest BCUT2D eigenvalue weighted by Gasteiger charge is 2.30. The molecule has 0 radical (unpaired) electrons. The van der Waals surface area contributed by atoms with E-state index in [1.54, 1.807) is 0 Å². The number of carbonyl (C=O) groups excluding carboxylic acids is 3. The van der Waals surface area contributed by atoms with Crippen LogP contribution in [-0.4, -0.2) is 59.5 Å². The molecule has 1 rings (SSSR count). The number of aliphatic carboxylic acids is 1. The van der Waals surface area contributed by atoms with E-state index >= 15 is 0 Å². The maximum Gasteiger partial charge on any atom is 0.325 e. The molecule has 0 unspecified atom stereocenters. The Balaban J connectivity index is 3.00. The maximum absolute atomic E-state index is 13.2. The molecule has 1 aromatic rings. The lowest BCUT2D eigenvalue weighted by atomic mass is 10.0. The number of nitrogens with two attached hydrogens (primary N) is 2. The van der Waals surface area contributed by atoms with Crippen LogP contribution in [0.3, 0.4) is 0 Å². The first-order chi connectivity index (χ1) is 16.0. The van der Waals surface area contributed by atoms with Crippen LogP contribution in [-0.2, 0) is 25.6 Å². The van der Waals surface area contributed by atoms with E-state index < -0.39 is 47.9 Å². The molecule has 8 N–H and O–H groups in total. The summed E-state index contributed by atoms with van der Waals surface area (Å²) < 4.78 is 0. The summed E-state index contributed by atoms with van der Waals surface area (Å²) >= 11 is 0. The fourth-order valence-corrected chi connectivity index (χ4v) is 3.33. The molecule has 1 aromatic carbocycles. The van der Waals surface area contributed by atoms with Gasteiger partial charge in [0.1, 0.15) is 18.1 Å². The molecule has 0 aromatic heterocycles. The summed E-state index contributed by atoms with van der Waals surface area (Å²) in [6.07, 6.45) is 2.38. The van der Waals surface area contributed by atoms with Crippen LogP contribution in [0.5, 0.6) is 0 Å². The number of hydrogen-bond donors (Lipinski definition) is 6. The van der Waals surface area contributed by atoms with Crippen molar-refractivity contribution in [1.29, 1.82) is 0 Å². The lowest BCUT2D eigenvalue weighted by Gasteiger charge is -2.25. The van der Waals surface area contributed by atoms with Gasteiger partial charge in [0.05, 0.1) is 6.04 Å². The van der Waals surface area contributed by atoms with Crippen molar-refractivity contribution in [2.45, 2.75) is 77.0 Å². The molecule has 0 fully saturated rings. The number of hydrogen-bond acceptors (Lipinski definition) is 6. The summed E-state index contributed by atoms with van der Waals surface area (Å²) in [6.45, 7) is 5.62. The highest BCUT2D eigenvalue weighted by atomic mass is 16.4. The van der Waals surface area contributed by atoms with Gasteiger partial charge in [-0.2, -0.15) is 0 Å². The molecule has 0 saturated heterocycles. The molecule has 0 spiro atoms. The third-order valence-corrected chi connectivity index (χ3v) is 5.29. The Morgan fingerprint density at radius 2 is 1.47 bits per heavy atom. The summed E-state index contributed by atoms with van der Waals surface area (Å²) in [6, 6.07) is 5.35. The third kappa shape index (κ3) is 10.8. The van der Waals surface area contributed by atoms with Gasteiger partial charge in [-0.25, -0.2) is 0 Å². The number of amides is 3. The molecule has 0 aliphatic rings. The average molecular weight is 478 g/mol. The van der Waals surface area contributed by atoms with Crippen molar-refractivity contribution in [2.75, 3.05) is 6.54 Å². The number of benzene rings is 1. The lowest BCUT2D eigenvalue weighted by molar-refractivity contribution is -0.141. The zero-order valence-electron chi connectivity index (χ0n) is 20.3. The quantitative estimate of drug-likeness (QED) is 0.197. The van der Waals surface area contributed by atoms with Gasteiger partial charge in [-0.15, -0.1) is 0 Å². The molecule has 3 amide bonds. The summed E-state index contributed by atoms with van der Waals surface area (Å²) in [5, 5.41) is 16.9. The highest BCUT2D eigenvalue weighted by molar-refractivity contribution is 5.94. The second kappa shape index (κ2) is 15.0. The van der Waals surface area contributed by atoms with Crippen LogP contribution in [0.2, 0.25) is 0 Å². The highest BCUT2D eigenvalue weighted by Crippen LogP contribution is 2.09. The molecular formula is C24H39N5O5. The van der Waals surface area contributed by atoms with Gasteiger partial charge in [0, 0.05) is 6.42 Å². The third-order valence-electron chi connectivity index (χ3n) is 5.29. The fraction of sp³-hybridized carbons (Fsp3) is 0.583. The number of unbranched alkanes of at least 4 members (excludes halogenated alkanes) is 1. The van der Waals surface area contributed by atoms with E-state index in [9.17, 15) is 19.2 Å². The molecule has 0 aliphatic heterocycles. The molecule has 0 aliphatic carbocycles. The zero-order chi connectivity index (χ0) is 25.7. The molecule has 34 heavy (non-hydrogen) atoms. The summed E-state index contributed by atoms with van der Waals surface area (Å²) in [7, 11) is 0. The molecule has 10 heteroatoms. The molecular weight excluding hydrogens is 438 g/mol. The Morgan fingerprint density at radius 1 is 0.882 bits per heavy atom. The van der Waals surface area contributed by atoms with E-state index in [4.69, 9.17) is 16.6 Å². The van der Waals surface area contributed by atoms with Crippen LogP contribution in [0, 0.1) is 5.92 Å². The van der Waals surface area contributed by atoms with Gasteiger partial charge in [0.2, 0.25) is 17.7 Å². The van der Waals surface area contributed by atoms with Gasteiger partial charge in [0.15, 0.2) is 0 Å². The molecule has 10 nitrogen and oxygen atoms in total. The van der Waals surface area contributed by atoms with E-state index in [2.05, 4.69) is 16.0 Å². The van der Waals surface area contributed by atoms with Crippen molar-refractivity contribution in [3.05, 3.63) is 35.9 Å². The minimum atomic E-state index is -1.18. The van der Waals surface area contributed by atoms with E-state index in [1.165, 1.54) is 6.92 Å². The number of carbonyl (C=O) groups is 4. The van der Waals surface area contributed by atoms with Crippen molar-refractivity contribution >= 4 is 23.7 Å². The normalized spacial score (nSPS) is 14.5. The van der Waals surface area contributed by atoms with Crippen molar-refractivity contribution < 1.29 is 24.3 Å². The van der Waals surface area contributed by atoms with Crippen molar-refractivity contribution in [3.8, 4) is 0 Å². The Kier molecular flexibility index (Phi) is 12.8. The Bertz CT molecular complexity index is 802. The van der Waals surface area contributed by atoms with Crippen molar-refractivity contribution in [2.24, 2.45) is 17.4 Å². The van der Waals surface area contributed by atoms with Gasteiger partial charge in [-0.3, -0.25) is 19.2 Å². The zero-order valence-corrected chi connectivity index (χ0v) is 20.3. The van der Waals surface area contributed by atoms with Crippen molar-refractivity contribution in [1.82, 2.24) is 16.0 Å². The van der Waals surface area contributed by atoms with E-state index in [1.807, 2.05) is 44.2 Å². The summed E-state index contributed by atoms with van der Waals surface area (Å²) in [4.78, 5) is 49.7. The van der Waals surface area contributed by atoms with Crippen LogP contribution in [0.1, 0.15) is 52.0 Å². The average Bonchev–Trinajstić information content (AvgIpc) is 2.78. The van der Waals surface area contributed by atoms with Crippen LogP contribution in [0.15, 0.2) is 30.3 Å². The molecule has 190 valence electrons. The van der Waals surface area contributed by atoms with Gasteiger partial charge in [-0.05, 0) is 44.2 Å². The van der Waals surface area contributed by atoms with Crippen LogP contribution < -0.4 is 27.4 Å². The summed E-state index contributed by atoms with van der Waals surface area (Å²) in [5.41, 5.74) is 12.3. The predicted molar refractivity (Wildman–Crippen MR) is 130 cm³/mol. The van der Waals surface area contributed by atoms with Crippen molar-refractivity contribution in [3.63, 3.8) is 0 Å². The number of carboxylic acid groups (broad SMARTS) is 1. The van der Waals surface area contributed by atoms with Gasteiger partial charge in [0.25, 0.3) is 0 Å². The Hall–Kier alpha value is -2.98. The minimum absolute atomic E-state index is 0.0503. The van der Waals surface area contributed by atoms with Gasteiger partial charge in [-0.1, -0.05) is 50.6 Å². The Labute approximate surface area is 201 Å². The van der Waals surface area contributed by atoms with Gasteiger partial charge < -0.3 is 32.5 Å². The second-order valence-electron chi connectivity index (χ2n) is 8.90. The maximum atomic E-state index is 13.2. The topological polar surface area (TPSA) is 177 Å². The van der Waals surface area contributed by atoms with Crippen LogP contribution >= 0.6 is 0 Å². The fourth-order valence-electron chi connectivity index (χ4n) is 3.33. The first kappa shape index (κ1) is 29.1. The van der Waals surface area contributed by atoms with Gasteiger partial charge >= 0.3 is 5.97 Å². The van der Waals surface area contributed by atoms with E-state index in [-0.39, 0.29) is 12.3 Å². The smallest absolute Gasteiger partial charge is 0.325 e. The Morgan fingerprint density at radius 3 is 2.03 bits per heavy atom. The first-order valence-corrected chi connectivity index (χ1v) is 11.7. The monoisotopic (exact) mass is 477 g/mol. The van der Waals surface area contributed by atoms with E-state index in [0.29, 0.717) is 25.8 Å². The van der Waals surface area contributed by atoms with Crippen LogP contribution in [0.4, 0.5) is 0 Å². The second-order valence-corrected chi connectivity index (χ2v) is 8.90. The predicted octanol–water partition coefficient (Wildman–Crippen LogP) is 0.290. The SMILES string of the molecule is CC(C)C[C@H](NC(=O)[C@H](Cc1ccccc1)NC(=O)[C@@H](N)CCCCN)C(=O)N[C@@H](C)C(=O)O. The molecule has 0 heterocycles. The lowest BCUT2D eigenvalue weighted by Crippen LogP contribution is -2.57. The van der Waals surface area contributed by atoms with Crippen LogP contribution in [0.25, 0.3) is 0 Å². The standard InChI is InChI=1S/C24H39N5O5/c1-15(2)13-19(22(31)27-16(3)24(33)34)29-23(32)20(14-17-9-5-4-6-10-17)28-21(30)18(26)11-7-8-12-25/h4-6,9-10,15-16,18-20H,7-8,11-14,25-26H2,1-3H3,(H,27,31)(H,28,30)(H,29,32)(H,33,34)/t16-,18-,19-,20-/m0/s1. The summed E-state index contributed by atoms with van der Waals surface area (Å²) in [5.74, 6) is -2.73. The van der Waals surface area contributed by atoms with E-state index in [0.717, 1.165) is 12.0 Å². The molecule has 0 bridgehead atoms. The minimum Gasteiger partial charge on any atom is -0.480 e. The molecule has 0 saturated carbocycles. The first-order valence-electron chi connectivity index (χ1n) is 11.7.